The van der Waals surface area contributed by atoms with Crippen LogP contribution in [0.4, 0.5) is 0 Å². The molecular weight excluding hydrogens is 693 g/mol. The molecule has 2 aliphatic rings. The number of nitrogens with zero attached hydrogens (tertiary/aromatic N) is 2. The van der Waals surface area contributed by atoms with Crippen molar-refractivity contribution < 1.29 is 31.9 Å². The first-order valence-electron chi connectivity index (χ1n) is 17.7. The zero-order valence-corrected chi connectivity index (χ0v) is 32.1. The van der Waals surface area contributed by atoms with Crippen LogP contribution < -0.4 is 10.4 Å². The SMILES string of the molecule is CCOC(=O)[C@@]1([C@H]2CCN(S(=O)(=O)c3ccc(C)cc3)C(=O)C2)N=C(c2ccccc2)O[C@H]1CO[Si](c1ccccc1)(c1ccccc1)C(C)(C)C. The van der Waals surface area contributed by atoms with Gasteiger partial charge in [-0.1, -0.05) is 117 Å². The molecule has 0 saturated carbocycles. The predicted octanol–water partition coefficient (Wildman–Crippen LogP) is 5.65. The second-order valence-electron chi connectivity index (χ2n) is 14.4. The Morgan fingerprint density at radius 3 is 1.98 bits per heavy atom. The Morgan fingerprint density at radius 1 is 0.904 bits per heavy atom. The van der Waals surface area contributed by atoms with Gasteiger partial charge in [-0.2, -0.15) is 0 Å². The van der Waals surface area contributed by atoms with Crippen LogP contribution in [0, 0.1) is 12.8 Å². The minimum absolute atomic E-state index is 0.0372. The number of rotatable bonds is 11. The predicted molar refractivity (Wildman–Crippen MR) is 204 cm³/mol. The van der Waals surface area contributed by atoms with Crippen molar-refractivity contribution in [3.8, 4) is 0 Å². The van der Waals surface area contributed by atoms with E-state index in [2.05, 4.69) is 45.0 Å². The van der Waals surface area contributed by atoms with Gasteiger partial charge in [0.05, 0.1) is 18.1 Å². The quantitative estimate of drug-likeness (QED) is 0.145. The third kappa shape index (κ3) is 6.73. The molecule has 4 aromatic carbocycles. The van der Waals surface area contributed by atoms with E-state index in [1.807, 2.05) is 73.7 Å². The fourth-order valence-electron chi connectivity index (χ4n) is 7.55. The van der Waals surface area contributed by atoms with Crippen LogP contribution in [0.25, 0.3) is 0 Å². The molecule has 0 aromatic heterocycles. The summed E-state index contributed by atoms with van der Waals surface area (Å²) in [7, 11) is -7.23. The lowest BCUT2D eigenvalue weighted by molar-refractivity contribution is -0.158. The summed E-state index contributed by atoms with van der Waals surface area (Å²) in [6, 6.07) is 36.0. The molecule has 6 rings (SSSR count). The molecule has 9 nitrogen and oxygen atoms in total. The Balaban J connectivity index is 1.43. The Hall–Kier alpha value is -4.58. The van der Waals surface area contributed by atoms with Crippen molar-refractivity contribution in [1.29, 1.82) is 0 Å². The first-order chi connectivity index (χ1) is 24.8. The monoisotopic (exact) mass is 738 g/mol. The number of hydrogen-bond donors (Lipinski definition) is 0. The van der Waals surface area contributed by atoms with Gasteiger partial charge in [0.1, 0.15) is 0 Å². The summed E-state index contributed by atoms with van der Waals surface area (Å²) in [5.41, 5.74) is -0.128. The molecule has 4 aromatic rings. The van der Waals surface area contributed by atoms with Crippen molar-refractivity contribution in [2.45, 2.75) is 69.0 Å². The van der Waals surface area contributed by atoms with Gasteiger partial charge >= 0.3 is 5.97 Å². The van der Waals surface area contributed by atoms with E-state index in [1.54, 1.807) is 19.1 Å². The molecule has 0 aliphatic carbocycles. The number of aliphatic imine (C=N–C) groups is 1. The van der Waals surface area contributed by atoms with E-state index in [-0.39, 0.29) is 48.4 Å². The minimum atomic E-state index is -4.12. The summed E-state index contributed by atoms with van der Waals surface area (Å²) in [6.45, 7) is 10.0. The van der Waals surface area contributed by atoms with Crippen LogP contribution in [0.2, 0.25) is 5.04 Å². The molecule has 0 spiro atoms. The first kappa shape index (κ1) is 37.2. The Labute approximate surface area is 307 Å². The molecule has 2 aliphatic heterocycles. The number of benzene rings is 4. The smallest absolute Gasteiger partial charge is 0.338 e. The molecule has 272 valence electrons. The van der Waals surface area contributed by atoms with Crippen molar-refractivity contribution in [3.63, 3.8) is 0 Å². The zero-order valence-electron chi connectivity index (χ0n) is 30.3. The highest BCUT2D eigenvalue weighted by Gasteiger charge is 2.62. The van der Waals surface area contributed by atoms with Crippen molar-refractivity contribution in [2.24, 2.45) is 10.9 Å². The molecule has 2 heterocycles. The largest absolute Gasteiger partial charge is 0.468 e. The Bertz CT molecular complexity index is 1980. The molecule has 1 amide bonds. The molecule has 11 heteroatoms. The number of ether oxygens (including phenoxy) is 2. The number of carbonyl (C=O) groups excluding carboxylic acids is 2. The van der Waals surface area contributed by atoms with Crippen molar-refractivity contribution in [1.82, 2.24) is 4.31 Å². The van der Waals surface area contributed by atoms with E-state index in [9.17, 15) is 18.0 Å². The van der Waals surface area contributed by atoms with Gasteiger partial charge in [0.2, 0.25) is 17.3 Å². The van der Waals surface area contributed by atoms with E-state index >= 15 is 0 Å². The lowest BCUT2D eigenvalue weighted by atomic mass is 9.75. The summed E-state index contributed by atoms with van der Waals surface area (Å²) < 4.78 is 48.0. The molecular formula is C41H46N2O7SSi. The number of carbonyl (C=O) groups is 2. The molecule has 0 unspecified atom stereocenters. The standard InChI is InChI=1S/C41H46N2O7SSi/c1-6-48-39(45)41(32-26-27-43(37(44)28-32)51(46,47)33-24-22-30(2)23-25-33)36(50-38(42-41)31-16-10-7-11-17-31)29-49-52(40(3,4)5,34-18-12-8-13-19-34)35-20-14-9-15-21-35/h7-25,32,36H,6,26-29H2,1-5H3/t32-,36-,41-/m0/s1. The minimum Gasteiger partial charge on any atom is -0.468 e. The average molecular weight is 739 g/mol. The van der Waals surface area contributed by atoms with Gasteiger partial charge in [0.15, 0.2) is 6.10 Å². The number of sulfonamides is 1. The van der Waals surface area contributed by atoms with E-state index in [1.165, 1.54) is 12.1 Å². The fraction of sp³-hybridized carbons (Fsp3) is 0.341. The van der Waals surface area contributed by atoms with Crippen LogP contribution in [-0.4, -0.2) is 70.2 Å². The van der Waals surface area contributed by atoms with Crippen LogP contribution in [-0.2, 0) is 33.5 Å². The molecule has 52 heavy (non-hydrogen) atoms. The summed E-state index contributed by atoms with van der Waals surface area (Å²) in [4.78, 5) is 33.5. The van der Waals surface area contributed by atoms with E-state index in [0.717, 1.165) is 20.2 Å². The molecule has 3 atom stereocenters. The van der Waals surface area contributed by atoms with E-state index in [4.69, 9.17) is 18.9 Å². The number of hydrogen-bond acceptors (Lipinski definition) is 8. The lowest BCUT2D eigenvalue weighted by Crippen LogP contribution is -2.68. The summed E-state index contributed by atoms with van der Waals surface area (Å²) >= 11 is 0. The second-order valence-corrected chi connectivity index (χ2v) is 20.6. The zero-order chi connectivity index (χ0) is 37.1. The van der Waals surface area contributed by atoms with Gasteiger partial charge in [-0.05, 0) is 59.9 Å². The van der Waals surface area contributed by atoms with E-state index < -0.39 is 47.8 Å². The summed E-state index contributed by atoms with van der Waals surface area (Å²) in [5.74, 6) is -1.75. The van der Waals surface area contributed by atoms with Gasteiger partial charge < -0.3 is 13.9 Å². The van der Waals surface area contributed by atoms with Gasteiger partial charge in [-0.15, -0.1) is 0 Å². The number of amides is 1. The Kier molecular flexibility index (Phi) is 10.6. The second kappa shape index (κ2) is 14.8. The summed E-state index contributed by atoms with van der Waals surface area (Å²) in [5, 5.41) is 1.75. The average Bonchev–Trinajstić information content (AvgIpc) is 3.53. The molecule has 0 N–H and O–H groups in total. The first-order valence-corrected chi connectivity index (χ1v) is 21.1. The molecule has 1 saturated heterocycles. The van der Waals surface area contributed by atoms with Crippen LogP contribution in [0.15, 0.2) is 125 Å². The van der Waals surface area contributed by atoms with Gasteiger partial charge in [0.25, 0.3) is 18.3 Å². The summed E-state index contributed by atoms with van der Waals surface area (Å²) in [6.07, 6.45) is -1.07. The highest BCUT2D eigenvalue weighted by atomic mass is 32.2. The van der Waals surface area contributed by atoms with Gasteiger partial charge in [-0.25, -0.2) is 22.5 Å². The molecule has 0 bridgehead atoms. The number of esters is 1. The normalized spacial score (nSPS) is 21.0. The molecule has 0 radical (unpaired) electrons. The molecule has 1 fully saturated rings. The highest BCUT2D eigenvalue weighted by Crippen LogP contribution is 2.44. The van der Waals surface area contributed by atoms with Crippen LogP contribution in [0.5, 0.6) is 0 Å². The van der Waals surface area contributed by atoms with Crippen LogP contribution in [0.3, 0.4) is 0 Å². The highest BCUT2D eigenvalue weighted by molar-refractivity contribution is 7.89. The maximum Gasteiger partial charge on any atom is 0.338 e. The van der Waals surface area contributed by atoms with Crippen molar-refractivity contribution in [2.75, 3.05) is 19.8 Å². The fourth-order valence-corrected chi connectivity index (χ4v) is 13.5. The van der Waals surface area contributed by atoms with Crippen LogP contribution >= 0.6 is 0 Å². The topological polar surface area (TPSA) is 112 Å². The number of aryl methyl sites for hydroxylation is 1. The van der Waals surface area contributed by atoms with Crippen LogP contribution in [0.1, 0.15) is 51.7 Å². The van der Waals surface area contributed by atoms with Gasteiger partial charge in [-0.3, -0.25) is 4.79 Å². The third-order valence-electron chi connectivity index (χ3n) is 10.1. The third-order valence-corrected chi connectivity index (χ3v) is 17.0. The lowest BCUT2D eigenvalue weighted by Gasteiger charge is -2.45. The van der Waals surface area contributed by atoms with Gasteiger partial charge in [0, 0.05) is 24.4 Å². The van der Waals surface area contributed by atoms with Crippen molar-refractivity contribution in [3.05, 3.63) is 126 Å². The maximum absolute atomic E-state index is 14.5. The Morgan fingerprint density at radius 2 is 1.46 bits per heavy atom. The van der Waals surface area contributed by atoms with E-state index in [0.29, 0.717) is 5.56 Å². The van der Waals surface area contributed by atoms with Crippen molar-refractivity contribution >= 4 is 46.5 Å². The number of piperidine rings is 1. The maximum atomic E-state index is 14.5.